The van der Waals surface area contributed by atoms with Crippen molar-refractivity contribution in [1.29, 1.82) is 0 Å². The number of aliphatic carboxylic acids is 1. The summed E-state index contributed by atoms with van der Waals surface area (Å²) in [5.74, 6) is -0.973. The lowest BCUT2D eigenvalue weighted by Crippen LogP contribution is -2.54. The number of halogens is 1. The minimum Gasteiger partial charge on any atom is -0.481 e. The number of rotatable bonds is 3. The summed E-state index contributed by atoms with van der Waals surface area (Å²) in [4.78, 5) is 21.3. The zero-order chi connectivity index (χ0) is 17.4. The third kappa shape index (κ3) is 6.17. The first-order valence-electron chi connectivity index (χ1n) is 7.35. The van der Waals surface area contributed by atoms with Crippen LogP contribution in [-0.4, -0.2) is 49.3 Å². The lowest BCUT2D eigenvalue weighted by molar-refractivity contribution is -0.134. The van der Waals surface area contributed by atoms with Gasteiger partial charge >= 0.3 is 0 Å². The summed E-state index contributed by atoms with van der Waals surface area (Å²) in [5, 5.41) is 14.2. The van der Waals surface area contributed by atoms with E-state index in [2.05, 4.69) is 10.6 Å². The van der Waals surface area contributed by atoms with Crippen LogP contribution in [0.2, 0.25) is 5.02 Å². The summed E-state index contributed by atoms with van der Waals surface area (Å²) in [6.07, 6.45) is 0.941. The van der Waals surface area contributed by atoms with Gasteiger partial charge in [0.1, 0.15) is 0 Å². The van der Waals surface area contributed by atoms with Crippen LogP contribution in [0, 0.1) is 6.92 Å². The Bertz CT molecular complexity index is 527. The quantitative estimate of drug-likeness (QED) is 0.780. The molecule has 3 N–H and O–H groups in total. The average molecular weight is 343 g/mol. The number of nitrogens with one attached hydrogen (secondary N) is 2. The highest BCUT2D eigenvalue weighted by Crippen LogP contribution is 2.20. The van der Waals surface area contributed by atoms with E-state index in [0.29, 0.717) is 17.1 Å². The van der Waals surface area contributed by atoms with Crippen LogP contribution in [0.15, 0.2) is 18.2 Å². The summed E-state index contributed by atoms with van der Waals surface area (Å²) >= 11 is 6.10. The molecule has 0 radical (unpaired) electrons. The van der Waals surface area contributed by atoms with Gasteiger partial charge in [-0.1, -0.05) is 23.7 Å². The van der Waals surface area contributed by atoms with Crippen molar-refractivity contribution in [3.8, 4) is 0 Å². The molecule has 2 atom stereocenters. The number of carbonyl (C=O) groups excluding carboxylic acids is 1. The Morgan fingerprint density at radius 2 is 2.09 bits per heavy atom. The van der Waals surface area contributed by atoms with Crippen LogP contribution in [0.3, 0.4) is 0 Å². The van der Waals surface area contributed by atoms with Gasteiger partial charge in [0.25, 0.3) is 11.9 Å². The molecule has 1 amide bonds. The number of carboxylic acids is 1. The van der Waals surface area contributed by atoms with Crippen molar-refractivity contribution >= 4 is 23.5 Å². The molecular weight excluding hydrogens is 320 g/mol. The number of piperidine rings is 1. The Kier molecular flexibility index (Phi) is 8.02. The molecule has 1 aromatic carbocycles. The van der Waals surface area contributed by atoms with Crippen LogP contribution < -0.4 is 10.6 Å². The van der Waals surface area contributed by atoms with Gasteiger partial charge in [0, 0.05) is 20.6 Å². The molecule has 0 bridgehead atoms. The van der Waals surface area contributed by atoms with Gasteiger partial charge in [-0.05, 0) is 31.5 Å². The Morgan fingerprint density at radius 1 is 1.43 bits per heavy atom. The van der Waals surface area contributed by atoms with E-state index in [9.17, 15) is 4.79 Å². The van der Waals surface area contributed by atoms with Gasteiger partial charge in [-0.3, -0.25) is 9.59 Å². The summed E-state index contributed by atoms with van der Waals surface area (Å²) in [7, 11) is 1.68. The maximum absolute atomic E-state index is 12.3. The molecule has 0 saturated carbocycles. The maximum atomic E-state index is 12.3. The molecule has 7 heteroatoms. The predicted octanol–water partition coefficient (Wildman–Crippen LogP) is 1.85. The van der Waals surface area contributed by atoms with Crippen LogP contribution in [0.5, 0.6) is 0 Å². The molecule has 128 valence electrons. The topological polar surface area (TPSA) is 87.7 Å². The van der Waals surface area contributed by atoms with E-state index in [0.717, 1.165) is 25.5 Å². The molecule has 6 nitrogen and oxygen atoms in total. The van der Waals surface area contributed by atoms with Gasteiger partial charge in [0.05, 0.1) is 22.7 Å². The van der Waals surface area contributed by atoms with Gasteiger partial charge in [-0.2, -0.15) is 0 Å². The predicted molar refractivity (Wildman–Crippen MR) is 89.0 cm³/mol. The Hall–Kier alpha value is -1.63. The van der Waals surface area contributed by atoms with Crippen molar-refractivity contribution < 1.29 is 19.4 Å². The van der Waals surface area contributed by atoms with Crippen LogP contribution in [0.4, 0.5) is 0 Å². The molecule has 0 spiro atoms. The van der Waals surface area contributed by atoms with E-state index in [1.54, 1.807) is 13.2 Å². The van der Waals surface area contributed by atoms with Crippen LogP contribution in [0.1, 0.15) is 29.3 Å². The molecular formula is C16H23ClN2O4. The molecule has 0 aromatic heterocycles. The largest absolute Gasteiger partial charge is 0.481 e. The van der Waals surface area contributed by atoms with Crippen LogP contribution in [0.25, 0.3) is 0 Å². The molecule has 1 aliphatic rings. The van der Waals surface area contributed by atoms with E-state index in [1.165, 1.54) is 0 Å². The van der Waals surface area contributed by atoms with Gasteiger partial charge in [-0.15, -0.1) is 0 Å². The van der Waals surface area contributed by atoms with Crippen molar-refractivity contribution in [2.24, 2.45) is 0 Å². The second-order valence-corrected chi connectivity index (χ2v) is 5.70. The number of aryl methyl sites for hydroxylation is 1. The van der Waals surface area contributed by atoms with Crippen molar-refractivity contribution in [2.75, 3.05) is 20.2 Å². The number of hydrogen-bond donors (Lipinski definition) is 3. The average Bonchev–Trinajstić information content (AvgIpc) is 2.47. The standard InChI is InChI=1S/C14H19ClN2O2.C2H4O2/c1-9-4-3-5-10(15)13(9)14(18)17-11-8-16-7-6-12(11)19-2;1-2(3)4/h3-5,11-12,16H,6-8H2,1-2H3,(H,17,18);1H3,(H,3,4)/t11-,12+;/m0./s1. The Balaban J connectivity index is 0.000000593. The van der Waals surface area contributed by atoms with Crippen molar-refractivity contribution in [1.82, 2.24) is 10.6 Å². The number of ether oxygens (including phenoxy) is 1. The maximum Gasteiger partial charge on any atom is 0.300 e. The Morgan fingerprint density at radius 3 is 2.65 bits per heavy atom. The fraction of sp³-hybridized carbons (Fsp3) is 0.500. The zero-order valence-electron chi connectivity index (χ0n) is 13.6. The van der Waals surface area contributed by atoms with Gasteiger partial charge in [0.15, 0.2) is 0 Å². The molecule has 1 aromatic rings. The van der Waals surface area contributed by atoms with Crippen LogP contribution in [-0.2, 0) is 9.53 Å². The number of amides is 1. The molecule has 1 aliphatic heterocycles. The summed E-state index contributed by atoms with van der Waals surface area (Å²) < 4.78 is 5.41. The molecule has 2 rings (SSSR count). The highest BCUT2D eigenvalue weighted by molar-refractivity contribution is 6.34. The number of methoxy groups -OCH3 is 1. The normalized spacial score (nSPS) is 20.2. The Labute approximate surface area is 141 Å². The lowest BCUT2D eigenvalue weighted by Gasteiger charge is -2.31. The molecule has 1 heterocycles. The van der Waals surface area contributed by atoms with E-state index >= 15 is 0 Å². The molecule has 1 saturated heterocycles. The molecule has 23 heavy (non-hydrogen) atoms. The summed E-state index contributed by atoms with van der Waals surface area (Å²) in [6, 6.07) is 5.43. The first-order valence-corrected chi connectivity index (χ1v) is 7.73. The first-order chi connectivity index (χ1) is 10.9. The van der Waals surface area contributed by atoms with Gasteiger partial charge in [0.2, 0.25) is 0 Å². The second-order valence-electron chi connectivity index (χ2n) is 5.30. The van der Waals surface area contributed by atoms with E-state index in [-0.39, 0.29) is 18.1 Å². The van der Waals surface area contributed by atoms with Crippen molar-refractivity contribution in [2.45, 2.75) is 32.4 Å². The van der Waals surface area contributed by atoms with Crippen molar-refractivity contribution in [3.63, 3.8) is 0 Å². The third-order valence-electron chi connectivity index (χ3n) is 3.49. The number of hydrogen-bond acceptors (Lipinski definition) is 4. The lowest BCUT2D eigenvalue weighted by atomic mass is 10.0. The number of carboxylic acid groups (broad SMARTS) is 1. The van der Waals surface area contributed by atoms with E-state index in [4.69, 9.17) is 26.2 Å². The SMILES string of the molecule is CC(=O)O.CO[C@@H]1CCNC[C@@H]1NC(=O)c1c(C)cccc1Cl. The smallest absolute Gasteiger partial charge is 0.300 e. The number of benzene rings is 1. The highest BCUT2D eigenvalue weighted by Gasteiger charge is 2.27. The fourth-order valence-electron chi connectivity index (χ4n) is 2.42. The zero-order valence-corrected chi connectivity index (χ0v) is 14.3. The van der Waals surface area contributed by atoms with Gasteiger partial charge in [-0.25, -0.2) is 0 Å². The number of carbonyl (C=O) groups is 2. The third-order valence-corrected chi connectivity index (χ3v) is 3.80. The van der Waals surface area contributed by atoms with Crippen LogP contribution >= 0.6 is 11.6 Å². The van der Waals surface area contributed by atoms with Crippen molar-refractivity contribution in [3.05, 3.63) is 34.3 Å². The minimum absolute atomic E-state index is 0.0260. The second kappa shape index (κ2) is 9.50. The van der Waals surface area contributed by atoms with E-state index < -0.39 is 5.97 Å². The highest BCUT2D eigenvalue weighted by atomic mass is 35.5. The summed E-state index contributed by atoms with van der Waals surface area (Å²) in [5.41, 5.74) is 1.42. The monoisotopic (exact) mass is 342 g/mol. The molecule has 0 aliphatic carbocycles. The van der Waals surface area contributed by atoms with Gasteiger partial charge < -0.3 is 20.5 Å². The minimum atomic E-state index is -0.833. The molecule has 0 unspecified atom stereocenters. The van der Waals surface area contributed by atoms with E-state index in [1.807, 2.05) is 19.1 Å². The first kappa shape index (κ1) is 19.4. The fourth-order valence-corrected chi connectivity index (χ4v) is 2.73. The summed E-state index contributed by atoms with van der Waals surface area (Å²) in [6.45, 7) is 4.59. The molecule has 1 fully saturated rings.